The summed E-state index contributed by atoms with van der Waals surface area (Å²) in [5, 5.41) is 12.9. The fourth-order valence-corrected chi connectivity index (χ4v) is 2.19. The normalized spacial score (nSPS) is 16.7. The molecule has 19 heavy (non-hydrogen) atoms. The monoisotopic (exact) mass is 259 g/mol. The van der Waals surface area contributed by atoms with Gasteiger partial charge in [0.2, 0.25) is 0 Å². The molecule has 2 N–H and O–H groups in total. The van der Waals surface area contributed by atoms with Gasteiger partial charge in [0.1, 0.15) is 5.65 Å². The molecule has 1 atom stereocenters. The van der Waals surface area contributed by atoms with Gasteiger partial charge in [-0.2, -0.15) is 0 Å². The van der Waals surface area contributed by atoms with Crippen LogP contribution >= 0.6 is 0 Å². The molecule has 1 aliphatic carbocycles. The molecule has 0 spiro atoms. The standard InChI is InChI=1S/C14H17N3O2/c18-12(10-4-5-10)9-15-8-11-7-14(19)17-6-2-1-3-13(17)16-11/h1-3,6-7,10,12,15,18H,4-5,8-9H2. The van der Waals surface area contributed by atoms with E-state index < -0.39 is 0 Å². The Morgan fingerprint density at radius 1 is 1.47 bits per heavy atom. The number of aromatic nitrogens is 2. The van der Waals surface area contributed by atoms with Crippen molar-refractivity contribution in [3.63, 3.8) is 0 Å². The molecule has 1 unspecified atom stereocenters. The van der Waals surface area contributed by atoms with Gasteiger partial charge < -0.3 is 10.4 Å². The second kappa shape index (κ2) is 5.11. The minimum absolute atomic E-state index is 0.0786. The molecule has 0 aromatic carbocycles. The number of rotatable bonds is 5. The van der Waals surface area contributed by atoms with Crippen LogP contribution in [-0.4, -0.2) is 27.1 Å². The Balaban J connectivity index is 1.69. The first kappa shape index (κ1) is 12.3. The first-order chi connectivity index (χ1) is 9.24. The molecule has 0 bridgehead atoms. The van der Waals surface area contributed by atoms with Gasteiger partial charge in [-0.3, -0.25) is 9.20 Å². The largest absolute Gasteiger partial charge is 0.392 e. The first-order valence-electron chi connectivity index (χ1n) is 6.60. The minimum Gasteiger partial charge on any atom is -0.392 e. The van der Waals surface area contributed by atoms with Crippen LogP contribution in [0.2, 0.25) is 0 Å². The van der Waals surface area contributed by atoms with Crippen molar-refractivity contribution < 1.29 is 5.11 Å². The molecule has 0 radical (unpaired) electrons. The molecule has 1 fully saturated rings. The highest BCUT2D eigenvalue weighted by molar-refractivity contribution is 5.37. The molecule has 2 aromatic heterocycles. The van der Waals surface area contributed by atoms with Crippen LogP contribution in [0.5, 0.6) is 0 Å². The van der Waals surface area contributed by atoms with E-state index in [1.807, 2.05) is 12.1 Å². The summed E-state index contributed by atoms with van der Waals surface area (Å²) in [6, 6.07) is 7.00. The first-order valence-corrected chi connectivity index (χ1v) is 6.60. The van der Waals surface area contributed by atoms with E-state index in [1.165, 1.54) is 10.5 Å². The maximum atomic E-state index is 11.9. The topological polar surface area (TPSA) is 66.6 Å². The number of pyridine rings is 1. The number of nitrogens with one attached hydrogen (secondary N) is 1. The van der Waals surface area contributed by atoms with E-state index in [1.54, 1.807) is 12.3 Å². The van der Waals surface area contributed by atoms with E-state index in [0.29, 0.717) is 30.3 Å². The van der Waals surface area contributed by atoms with Crippen LogP contribution < -0.4 is 10.9 Å². The lowest BCUT2D eigenvalue weighted by molar-refractivity contribution is 0.148. The van der Waals surface area contributed by atoms with Crippen molar-refractivity contribution >= 4 is 5.65 Å². The van der Waals surface area contributed by atoms with E-state index in [-0.39, 0.29) is 11.7 Å². The third-order valence-electron chi connectivity index (χ3n) is 3.45. The number of aliphatic hydroxyl groups is 1. The van der Waals surface area contributed by atoms with Gasteiger partial charge in [0.25, 0.3) is 5.56 Å². The van der Waals surface area contributed by atoms with Gasteiger partial charge >= 0.3 is 0 Å². The number of aliphatic hydroxyl groups excluding tert-OH is 1. The lowest BCUT2D eigenvalue weighted by Gasteiger charge is -2.10. The highest BCUT2D eigenvalue weighted by Crippen LogP contribution is 2.32. The maximum Gasteiger partial charge on any atom is 0.258 e. The van der Waals surface area contributed by atoms with Crippen molar-refractivity contribution in [1.29, 1.82) is 0 Å². The Morgan fingerprint density at radius 3 is 3.11 bits per heavy atom. The molecule has 5 nitrogen and oxygen atoms in total. The van der Waals surface area contributed by atoms with Gasteiger partial charge in [-0.1, -0.05) is 6.07 Å². The van der Waals surface area contributed by atoms with Crippen molar-refractivity contribution in [2.45, 2.75) is 25.5 Å². The molecular weight excluding hydrogens is 242 g/mol. The van der Waals surface area contributed by atoms with Crippen molar-refractivity contribution in [3.8, 4) is 0 Å². The van der Waals surface area contributed by atoms with E-state index in [0.717, 1.165) is 12.8 Å². The molecule has 3 rings (SSSR count). The average molecular weight is 259 g/mol. The van der Waals surface area contributed by atoms with Gasteiger partial charge in [-0.15, -0.1) is 0 Å². The Bertz CT molecular complexity index is 634. The van der Waals surface area contributed by atoms with Crippen LogP contribution in [0.3, 0.4) is 0 Å². The maximum absolute atomic E-state index is 11.9. The minimum atomic E-state index is -0.276. The zero-order valence-electron chi connectivity index (χ0n) is 10.6. The summed E-state index contributed by atoms with van der Waals surface area (Å²) in [5.41, 5.74) is 1.28. The lowest BCUT2D eigenvalue weighted by Crippen LogP contribution is -2.29. The number of hydrogen-bond acceptors (Lipinski definition) is 4. The summed E-state index contributed by atoms with van der Waals surface area (Å²) in [7, 11) is 0. The summed E-state index contributed by atoms with van der Waals surface area (Å²) in [6.07, 6.45) is 3.68. The molecule has 100 valence electrons. The van der Waals surface area contributed by atoms with E-state index >= 15 is 0 Å². The Hall–Kier alpha value is -1.72. The van der Waals surface area contributed by atoms with Crippen LogP contribution in [0, 0.1) is 5.92 Å². The van der Waals surface area contributed by atoms with Crippen LogP contribution in [0.4, 0.5) is 0 Å². The summed E-state index contributed by atoms with van der Waals surface area (Å²) in [6.45, 7) is 1.06. The molecule has 1 aliphatic rings. The van der Waals surface area contributed by atoms with Crippen molar-refractivity contribution in [3.05, 3.63) is 46.5 Å². The average Bonchev–Trinajstić information content (AvgIpc) is 3.23. The number of hydrogen-bond donors (Lipinski definition) is 2. The Labute approximate surface area is 110 Å². The summed E-state index contributed by atoms with van der Waals surface area (Å²) in [4.78, 5) is 16.3. The summed E-state index contributed by atoms with van der Waals surface area (Å²) < 4.78 is 1.52. The fourth-order valence-electron chi connectivity index (χ4n) is 2.19. The third kappa shape index (κ3) is 2.83. The number of nitrogens with zero attached hydrogens (tertiary/aromatic N) is 2. The van der Waals surface area contributed by atoms with Crippen LogP contribution in [0.15, 0.2) is 35.3 Å². The molecule has 0 saturated heterocycles. The molecule has 0 amide bonds. The smallest absolute Gasteiger partial charge is 0.258 e. The molecular formula is C14H17N3O2. The quantitative estimate of drug-likeness (QED) is 0.823. The molecule has 1 saturated carbocycles. The molecule has 5 heteroatoms. The van der Waals surface area contributed by atoms with Gasteiger partial charge in [0.15, 0.2) is 0 Å². The van der Waals surface area contributed by atoms with Crippen molar-refractivity contribution in [1.82, 2.24) is 14.7 Å². The van der Waals surface area contributed by atoms with Crippen LogP contribution in [0.1, 0.15) is 18.5 Å². The number of fused-ring (bicyclic) bond motifs is 1. The van der Waals surface area contributed by atoms with Gasteiger partial charge in [0.05, 0.1) is 11.8 Å². The lowest BCUT2D eigenvalue weighted by atomic mass is 10.2. The molecule has 2 heterocycles. The third-order valence-corrected chi connectivity index (χ3v) is 3.45. The van der Waals surface area contributed by atoms with Gasteiger partial charge in [-0.25, -0.2) is 4.98 Å². The molecule has 2 aromatic rings. The van der Waals surface area contributed by atoms with E-state index in [4.69, 9.17) is 0 Å². The fraction of sp³-hybridized carbons (Fsp3) is 0.429. The zero-order valence-corrected chi connectivity index (χ0v) is 10.6. The van der Waals surface area contributed by atoms with E-state index in [2.05, 4.69) is 10.3 Å². The second-order valence-electron chi connectivity index (χ2n) is 5.05. The highest BCUT2D eigenvalue weighted by Gasteiger charge is 2.29. The zero-order chi connectivity index (χ0) is 13.2. The SMILES string of the molecule is O=c1cc(CNCC(O)C2CC2)nc2ccccn12. The Morgan fingerprint density at radius 2 is 2.32 bits per heavy atom. The van der Waals surface area contributed by atoms with E-state index in [9.17, 15) is 9.90 Å². The van der Waals surface area contributed by atoms with Gasteiger partial charge in [0, 0.05) is 25.4 Å². The van der Waals surface area contributed by atoms with Crippen molar-refractivity contribution in [2.75, 3.05) is 6.54 Å². The summed E-state index contributed by atoms with van der Waals surface area (Å²) >= 11 is 0. The predicted molar refractivity (Wildman–Crippen MR) is 71.9 cm³/mol. The second-order valence-corrected chi connectivity index (χ2v) is 5.05. The van der Waals surface area contributed by atoms with Crippen LogP contribution in [0.25, 0.3) is 5.65 Å². The molecule has 0 aliphatic heterocycles. The predicted octanol–water partition coefficient (Wildman–Crippen LogP) is 0.555. The van der Waals surface area contributed by atoms with Crippen LogP contribution in [-0.2, 0) is 6.54 Å². The Kier molecular flexibility index (Phi) is 3.31. The van der Waals surface area contributed by atoms with Gasteiger partial charge in [-0.05, 0) is 30.9 Å². The highest BCUT2D eigenvalue weighted by atomic mass is 16.3. The summed E-state index contributed by atoms with van der Waals surface area (Å²) in [5.74, 6) is 0.461. The van der Waals surface area contributed by atoms with Crippen molar-refractivity contribution in [2.24, 2.45) is 5.92 Å².